The molecule has 0 unspecified atom stereocenters. The van der Waals surface area contributed by atoms with Crippen LogP contribution < -0.4 is 0 Å². The maximum absolute atomic E-state index is 12.2. The Kier molecular flexibility index (Phi) is 3.46. The molecule has 5 heteroatoms. The van der Waals surface area contributed by atoms with Gasteiger partial charge in [-0.15, -0.1) is 0 Å². The minimum atomic E-state index is -2.35. The number of hydrogen-bond acceptors (Lipinski definition) is 2. The Bertz CT molecular complexity index is 468. The average Bonchev–Trinajstić information content (AvgIpc) is 2.77. The van der Waals surface area contributed by atoms with Crippen LogP contribution in [0, 0.1) is 0 Å². The molecule has 2 heterocycles. The number of alkyl halides is 2. The first-order valence-corrected chi connectivity index (χ1v) is 5.39. The zero-order valence-electron chi connectivity index (χ0n) is 9.42. The minimum absolute atomic E-state index is 0.0180. The average molecular weight is 237 g/mol. The van der Waals surface area contributed by atoms with E-state index in [-0.39, 0.29) is 12.5 Å². The van der Waals surface area contributed by atoms with Crippen molar-refractivity contribution in [1.82, 2.24) is 14.8 Å². The lowest BCUT2D eigenvalue weighted by Crippen LogP contribution is -2.08. The molecule has 0 aliphatic heterocycles. The van der Waals surface area contributed by atoms with Crippen LogP contribution in [0.4, 0.5) is 8.78 Å². The molecule has 0 fully saturated rings. The van der Waals surface area contributed by atoms with Gasteiger partial charge in [-0.3, -0.25) is 9.67 Å². The summed E-state index contributed by atoms with van der Waals surface area (Å²) in [6, 6.07) is 5.42. The van der Waals surface area contributed by atoms with Gasteiger partial charge in [-0.05, 0) is 30.7 Å². The van der Waals surface area contributed by atoms with Crippen molar-refractivity contribution in [3.05, 3.63) is 48.0 Å². The van der Waals surface area contributed by atoms with E-state index in [4.69, 9.17) is 0 Å². The highest BCUT2D eigenvalue weighted by molar-refractivity contribution is 5.15. The molecule has 2 aromatic heterocycles. The molecule has 0 amide bonds. The monoisotopic (exact) mass is 237 g/mol. The van der Waals surface area contributed by atoms with Crippen molar-refractivity contribution >= 4 is 0 Å². The summed E-state index contributed by atoms with van der Waals surface area (Å²) in [6.45, 7) is 1.97. The lowest BCUT2D eigenvalue weighted by Gasteiger charge is -2.11. The maximum Gasteiger partial charge on any atom is 0.244 e. The van der Waals surface area contributed by atoms with E-state index in [9.17, 15) is 8.78 Å². The molecule has 0 aromatic carbocycles. The first-order valence-electron chi connectivity index (χ1n) is 5.39. The van der Waals surface area contributed by atoms with Crippen molar-refractivity contribution in [1.29, 1.82) is 0 Å². The first-order chi connectivity index (χ1) is 8.16. The SMILES string of the molecule is C[C@H](c1ccncc1)n1ccc(CC(F)F)n1. The van der Waals surface area contributed by atoms with Crippen LogP contribution in [0.5, 0.6) is 0 Å². The smallest absolute Gasteiger partial charge is 0.244 e. The van der Waals surface area contributed by atoms with Crippen LogP contribution in [0.1, 0.15) is 24.2 Å². The van der Waals surface area contributed by atoms with Crippen LogP contribution in [0.25, 0.3) is 0 Å². The highest BCUT2D eigenvalue weighted by Crippen LogP contribution is 2.16. The van der Waals surface area contributed by atoms with Crippen molar-refractivity contribution in [2.24, 2.45) is 0 Å². The van der Waals surface area contributed by atoms with Gasteiger partial charge >= 0.3 is 0 Å². The summed E-state index contributed by atoms with van der Waals surface area (Å²) < 4.78 is 26.1. The van der Waals surface area contributed by atoms with Gasteiger partial charge < -0.3 is 0 Å². The van der Waals surface area contributed by atoms with Crippen LogP contribution >= 0.6 is 0 Å². The fourth-order valence-electron chi connectivity index (χ4n) is 1.65. The lowest BCUT2D eigenvalue weighted by molar-refractivity contribution is 0.147. The van der Waals surface area contributed by atoms with Gasteiger partial charge in [-0.25, -0.2) is 8.78 Å². The Morgan fingerprint density at radius 1 is 1.24 bits per heavy atom. The fraction of sp³-hybridized carbons (Fsp3) is 0.333. The highest BCUT2D eigenvalue weighted by Gasteiger charge is 2.11. The summed E-state index contributed by atoms with van der Waals surface area (Å²) in [4.78, 5) is 3.94. The number of halogens is 2. The zero-order valence-corrected chi connectivity index (χ0v) is 9.42. The largest absolute Gasteiger partial charge is 0.265 e. The molecule has 2 rings (SSSR count). The Balaban J connectivity index is 2.15. The molecule has 0 spiro atoms. The Hall–Kier alpha value is -1.78. The Morgan fingerprint density at radius 2 is 1.94 bits per heavy atom. The summed E-state index contributed by atoms with van der Waals surface area (Å²) in [5, 5.41) is 4.14. The number of pyridine rings is 1. The van der Waals surface area contributed by atoms with Crippen molar-refractivity contribution in [2.45, 2.75) is 25.8 Å². The van der Waals surface area contributed by atoms with Gasteiger partial charge in [0.1, 0.15) is 0 Å². The standard InChI is InChI=1S/C12H13F2N3/c1-9(10-2-5-15-6-3-10)17-7-4-11(16-17)8-12(13)14/h2-7,9,12H,8H2,1H3/t9-/m1/s1. The van der Waals surface area contributed by atoms with Crippen molar-refractivity contribution in [3.8, 4) is 0 Å². The number of hydrogen-bond donors (Lipinski definition) is 0. The molecular formula is C12H13F2N3. The van der Waals surface area contributed by atoms with Gasteiger partial charge in [0.15, 0.2) is 0 Å². The first kappa shape index (κ1) is 11.7. The van der Waals surface area contributed by atoms with E-state index in [1.807, 2.05) is 19.1 Å². The second kappa shape index (κ2) is 5.03. The van der Waals surface area contributed by atoms with Crippen LogP contribution in [0.3, 0.4) is 0 Å². The van der Waals surface area contributed by atoms with Crippen molar-refractivity contribution in [2.75, 3.05) is 0 Å². The van der Waals surface area contributed by atoms with E-state index in [2.05, 4.69) is 10.1 Å². The third kappa shape index (κ3) is 2.87. The molecule has 0 bridgehead atoms. The van der Waals surface area contributed by atoms with E-state index in [1.165, 1.54) is 0 Å². The molecule has 0 saturated heterocycles. The molecule has 0 radical (unpaired) electrons. The van der Waals surface area contributed by atoms with E-state index in [0.29, 0.717) is 5.69 Å². The molecule has 0 aliphatic rings. The predicted octanol–water partition coefficient (Wildman–Crippen LogP) is 2.70. The second-order valence-corrected chi connectivity index (χ2v) is 3.84. The van der Waals surface area contributed by atoms with Gasteiger partial charge in [0.2, 0.25) is 6.43 Å². The van der Waals surface area contributed by atoms with Gasteiger partial charge in [-0.2, -0.15) is 5.10 Å². The predicted molar refractivity (Wildman–Crippen MR) is 60.0 cm³/mol. The number of aromatic nitrogens is 3. The number of rotatable bonds is 4. The lowest BCUT2D eigenvalue weighted by atomic mass is 10.1. The normalized spacial score (nSPS) is 12.9. The molecule has 1 atom stereocenters. The number of nitrogens with zero attached hydrogens (tertiary/aromatic N) is 3. The summed E-state index contributed by atoms with van der Waals surface area (Å²) in [7, 11) is 0. The molecule has 2 aromatic rings. The van der Waals surface area contributed by atoms with Crippen LogP contribution in [0.2, 0.25) is 0 Å². The highest BCUT2D eigenvalue weighted by atomic mass is 19.3. The molecule has 90 valence electrons. The summed E-state index contributed by atoms with van der Waals surface area (Å²) in [5.74, 6) is 0. The van der Waals surface area contributed by atoms with Crippen LogP contribution in [0.15, 0.2) is 36.8 Å². The zero-order chi connectivity index (χ0) is 12.3. The summed E-state index contributed by atoms with van der Waals surface area (Å²) in [6.07, 6.45) is 2.48. The van der Waals surface area contributed by atoms with Crippen LogP contribution in [-0.2, 0) is 6.42 Å². The van der Waals surface area contributed by atoms with E-state index in [1.54, 1.807) is 29.3 Å². The fourth-order valence-corrected chi connectivity index (χ4v) is 1.65. The molecule has 0 aliphatic carbocycles. The van der Waals surface area contributed by atoms with Crippen molar-refractivity contribution in [3.63, 3.8) is 0 Å². The van der Waals surface area contributed by atoms with E-state index in [0.717, 1.165) is 5.56 Å². The van der Waals surface area contributed by atoms with Gasteiger partial charge in [0.05, 0.1) is 18.2 Å². The molecular weight excluding hydrogens is 224 g/mol. The quantitative estimate of drug-likeness (QED) is 0.818. The van der Waals surface area contributed by atoms with Crippen molar-refractivity contribution < 1.29 is 8.78 Å². The maximum atomic E-state index is 12.2. The minimum Gasteiger partial charge on any atom is -0.265 e. The third-order valence-corrected chi connectivity index (χ3v) is 2.61. The van der Waals surface area contributed by atoms with E-state index < -0.39 is 6.43 Å². The van der Waals surface area contributed by atoms with Gasteiger partial charge in [-0.1, -0.05) is 0 Å². The van der Waals surface area contributed by atoms with Gasteiger partial charge in [0.25, 0.3) is 0 Å². The van der Waals surface area contributed by atoms with Crippen LogP contribution in [-0.4, -0.2) is 21.2 Å². The Morgan fingerprint density at radius 3 is 2.59 bits per heavy atom. The third-order valence-electron chi connectivity index (χ3n) is 2.61. The topological polar surface area (TPSA) is 30.7 Å². The summed E-state index contributed by atoms with van der Waals surface area (Å²) >= 11 is 0. The second-order valence-electron chi connectivity index (χ2n) is 3.84. The molecule has 0 saturated carbocycles. The van der Waals surface area contributed by atoms with E-state index >= 15 is 0 Å². The molecule has 3 nitrogen and oxygen atoms in total. The molecule has 17 heavy (non-hydrogen) atoms. The summed E-state index contributed by atoms with van der Waals surface area (Å²) in [5.41, 5.74) is 1.47. The molecule has 0 N–H and O–H groups in total. The Labute approximate surface area is 98.1 Å². The van der Waals surface area contributed by atoms with Gasteiger partial charge in [0, 0.05) is 18.6 Å².